The highest BCUT2D eigenvalue weighted by molar-refractivity contribution is 5.93. The van der Waals surface area contributed by atoms with E-state index in [4.69, 9.17) is 4.74 Å². The second-order valence-electron chi connectivity index (χ2n) is 6.87. The molecular weight excluding hydrogens is 290 g/mol. The Kier molecular flexibility index (Phi) is 3.89. The van der Waals surface area contributed by atoms with Gasteiger partial charge >= 0.3 is 0 Å². The van der Waals surface area contributed by atoms with Crippen molar-refractivity contribution in [1.29, 1.82) is 0 Å². The van der Waals surface area contributed by atoms with Crippen molar-refractivity contribution in [3.8, 4) is 0 Å². The van der Waals surface area contributed by atoms with Crippen molar-refractivity contribution < 1.29 is 9.53 Å². The largest absolute Gasteiger partial charge is 0.366 e. The fourth-order valence-corrected chi connectivity index (χ4v) is 4.01. The van der Waals surface area contributed by atoms with Crippen molar-refractivity contribution in [2.75, 3.05) is 13.1 Å². The molecule has 0 radical (unpaired) electrons. The molecule has 1 aromatic heterocycles. The van der Waals surface area contributed by atoms with Gasteiger partial charge in [0.25, 0.3) is 0 Å². The first-order valence-electron chi connectivity index (χ1n) is 8.64. The number of aromatic nitrogens is 2. The fourth-order valence-electron chi connectivity index (χ4n) is 4.01. The number of rotatable bonds is 2. The number of hydrogen-bond donors (Lipinski definition) is 0. The van der Waals surface area contributed by atoms with Gasteiger partial charge in [-0.3, -0.25) is 4.79 Å². The molecule has 1 aromatic rings. The summed E-state index contributed by atoms with van der Waals surface area (Å²) in [5, 5.41) is 0. The van der Waals surface area contributed by atoms with Crippen LogP contribution in [0.4, 0.5) is 0 Å². The predicted octanol–water partition coefficient (Wildman–Crippen LogP) is 2.57. The lowest BCUT2D eigenvalue weighted by Gasteiger charge is -2.22. The summed E-state index contributed by atoms with van der Waals surface area (Å²) < 4.78 is 6.19. The summed E-state index contributed by atoms with van der Waals surface area (Å²) >= 11 is 0. The van der Waals surface area contributed by atoms with E-state index in [2.05, 4.69) is 16.0 Å². The van der Waals surface area contributed by atoms with Crippen LogP contribution in [0, 0.1) is 12.8 Å². The molecule has 0 saturated carbocycles. The van der Waals surface area contributed by atoms with Crippen LogP contribution in [-0.4, -0.2) is 40.0 Å². The van der Waals surface area contributed by atoms with Crippen LogP contribution in [0.1, 0.15) is 49.7 Å². The van der Waals surface area contributed by atoms with E-state index in [0.29, 0.717) is 5.92 Å². The van der Waals surface area contributed by atoms with Gasteiger partial charge in [-0.05, 0) is 45.1 Å². The topological polar surface area (TPSA) is 55.3 Å². The summed E-state index contributed by atoms with van der Waals surface area (Å²) in [6.07, 6.45) is 9.43. The lowest BCUT2D eigenvalue weighted by molar-refractivity contribution is -0.127. The first kappa shape index (κ1) is 14.8. The van der Waals surface area contributed by atoms with Crippen LogP contribution >= 0.6 is 0 Å². The van der Waals surface area contributed by atoms with Gasteiger partial charge in [-0.15, -0.1) is 0 Å². The molecule has 3 atom stereocenters. The monoisotopic (exact) mass is 313 g/mol. The van der Waals surface area contributed by atoms with Crippen molar-refractivity contribution in [3.63, 3.8) is 0 Å². The Labute approximate surface area is 136 Å². The van der Waals surface area contributed by atoms with Crippen molar-refractivity contribution in [3.05, 3.63) is 35.4 Å². The van der Waals surface area contributed by atoms with E-state index in [1.54, 1.807) is 6.20 Å². The van der Waals surface area contributed by atoms with Gasteiger partial charge in [0.2, 0.25) is 5.91 Å². The van der Waals surface area contributed by atoms with Crippen LogP contribution in [0.15, 0.2) is 23.9 Å². The molecule has 0 aromatic carbocycles. The van der Waals surface area contributed by atoms with E-state index in [0.717, 1.165) is 55.9 Å². The molecule has 0 unspecified atom stereocenters. The fraction of sp³-hybridized carbons (Fsp3) is 0.611. The van der Waals surface area contributed by atoms with Crippen LogP contribution in [0.2, 0.25) is 0 Å². The van der Waals surface area contributed by atoms with Crippen LogP contribution < -0.4 is 0 Å². The molecule has 1 amide bonds. The average molecular weight is 313 g/mol. The van der Waals surface area contributed by atoms with Crippen LogP contribution in [0.5, 0.6) is 0 Å². The Morgan fingerprint density at radius 2 is 2.26 bits per heavy atom. The maximum atomic E-state index is 12.6. The number of aryl methyl sites for hydroxylation is 1. The first-order chi connectivity index (χ1) is 11.2. The second-order valence-corrected chi connectivity index (χ2v) is 6.87. The number of allylic oxidation sites excluding steroid dienone is 1. The molecule has 4 rings (SSSR count). The zero-order valence-corrected chi connectivity index (χ0v) is 13.6. The molecule has 5 heteroatoms. The molecule has 1 aliphatic carbocycles. The van der Waals surface area contributed by atoms with Crippen molar-refractivity contribution in [2.24, 2.45) is 5.92 Å². The Bertz CT molecular complexity index is 629. The Balaban J connectivity index is 1.40. The van der Waals surface area contributed by atoms with Crippen molar-refractivity contribution in [1.82, 2.24) is 14.9 Å². The highest BCUT2D eigenvalue weighted by Crippen LogP contribution is 2.40. The number of amides is 1. The number of carbonyl (C=O) groups is 1. The van der Waals surface area contributed by atoms with E-state index in [1.165, 1.54) is 6.42 Å². The minimum Gasteiger partial charge on any atom is -0.366 e. The van der Waals surface area contributed by atoms with Gasteiger partial charge in [-0.2, -0.15) is 0 Å². The summed E-state index contributed by atoms with van der Waals surface area (Å²) in [4.78, 5) is 23.2. The summed E-state index contributed by atoms with van der Waals surface area (Å²) in [6.45, 7) is 3.44. The number of fused-ring (bicyclic) bond motifs is 1. The Morgan fingerprint density at radius 3 is 3.00 bits per heavy atom. The molecule has 3 aliphatic rings. The van der Waals surface area contributed by atoms with E-state index >= 15 is 0 Å². The summed E-state index contributed by atoms with van der Waals surface area (Å²) in [5.74, 6) is 1.45. The number of carbonyl (C=O) groups excluding carboxylic acids is 1. The SMILES string of the molecule is Cc1nccc([C@@H]2C[C@H]3CN(C(=O)C4=CCCCC4)C[C@H]3O2)n1. The molecule has 2 saturated heterocycles. The van der Waals surface area contributed by atoms with E-state index in [-0.39, 0.29) is 18.1 Å². The smallest absolute Gasteiger partial charge is 0.249 e. The normalized spacial score (nSPS) is 30.2. The van der Waals surface area contributed by atoms with Crippen molar-refractivity contribution >= 4 is 5.91 Å². The number of likely N-dealkylation sites (tertiary alicyclic amines) is 1. The summed E-state index contributed by atoms with van der Waals surface area (Å²) in [6, 6.07) is 1.94. The minimum atomic E-state index is 0.0536. The molecule has 2 aliphatic heterocycles. The van der Waals surface area contributed by atoms with E-state index in [1.807, 2.05) is 17.9 Å². The zero-order valence-electron chi connectivity index (χ0n) is 13.6. The standard InChI is InChI=1S/C18H23N3O2/c1-12-19-8-7-15(20-12)16-9-14-10-21(11-17(14)23-16)18(22)13-5-3-2-4-6-13/h5,7-8,14,16-17H,2-4,6,9-11H2,1H3/t14-,16-,17+/m0/s1. The number of ether oxygens (including phenoxy) is 1. The molecule has 0 spiro atoms. The molecule has 23 heavy (non-hydrogen) atoms. The third kappa shape index (κ3) is 2.90. The van der Waals surface area contributed by atoms with Crippen molar-refractivity contribution in [2.45, 2.75) is 51.2 Å². The highest BCUT2D eigenvalue weighted by atomic mass is 16.5. The van der Waals surface area contributed by atoms with Gasteiger partial charge in [-0.1, -0.05) is 6.08 Å². The van der Waals surface area contributed by atoms with Gasteiger partial charge in [0, 0.05) is 30.8 Å². The average Bonchev–Trinajstić information content (AvgIpc) is 3.14. The maximum Gasteiger partial charge on any atom is 0.249 e. The predicted molar refractivity (Wildman–Crippen MR) is 85.6 cm³/mol. The lowest BCUT2D eigenvalue weighted by atomic mass is 9.98. The zero-order chi connectivity index (χ0) is 15.8. The molecule has 122 valence electrons. The first-order valence-corrected chi connectivity index (χ1v) is 8.64. The van der Waals surface area contributed by atoms with Gasteiger partial charge in [0.15, 0.2) is 0 Å². The van der Waals surface area contributed by atoms with Gasteiger partial charge < -0.3 is 9.64 Å². The molecule has 2 fully saturated rings. The van der Waals surface area contributed by atoms with Crippen LogP contribution in [-0.2, 0) is 9.53 Å². The third-order valence-electron chi connectivity index (χ3n) is 5.22. The van der Waals surface area contributed by atoms with Gasteiger partial charge in [0.1, 0.15) is 11.9 Å². The molecule has 0 bridgehead atoms. The second kappa shape index (κ2) is 6.04. The van der Waals surface area contributed by atoms with Crippen LogP contribution in [0.25, 0.3) is 0 Å². The van der Waals surface area contributed by atoms with E-state index in [9.17, 15) is 4.79 Å². The molecule has 5 nitrogen and oxygen atoms in total. The van der Waals surface area contributed by atoms with Gasteiger partial charge in [0.05, 0.1) is 11.8 Å². The van der Waals surface area contributed by atoms with Gasteiger partial charge in [-0.25, -0.2) is 9.97 Å². The lowest BCUT2D eigenvalue weighted by Crippen LogP contribution is -2.32. The minimum absolute atomic E-state index is 0.0536. The molecule has 3 heterocycles. The Morgan fingerprint density at radius 1 is 1.35 bits per heavy atom. The van der Waals surface area contributed by atoms with E-state index < -0.39 is 0 Å². The summed E-state index contributed by atoms with van der Waals surface area (Å²) in [5.41, 5.74) is 1.99. The molecule has 0 N–H and O–H groups in total. The molecular formula is C18H23N3O2. The summed E-state index contributed by atoms with van der Waals surface area (Å²) in [7, 11) is 0. The highest BCUT2D eigenvalue weighted by Gasteiger charge is 2.44. The van der Waals surface area contributed by atoms with Crippen LogP contribution in [0.3, 0.4) is 0 Å². The number of nitrogens with zero attached hydrogens (tertiary/aromatic N) is 3. The Hall–Kier alpha value is -1.75. The third-order valence-corrected chi connectivity index (χ3v) is 5.22. The number of hydrogen-bond acceptors (Lipinski definition) is 4. The maximum absolute atomic E-state index is 12.6. The quantitative estimate of drug-likeness (QED) is 0.842.